The van der Waals surface area contributed by atoms with Gasteiger partial charge in [-0.1, -0.05) is 0 Å². The zero-order valence-corrected chi connectivity index (χ0v) is 9.42. The molecule has 3 nitrogen and oxygen atoms in total. The number of nitrogens with zero attached hydrogens (tertiary/aromatic N) is 1. The molecule has 0 amide bonds. The average Bonchev–Trinajstić information content (AvgIpc) is 2.13. The summed E-state index contributed by atoms with van der Waals surface area (Å²) in [6.45, 7) is 0.946. The van der Waals surface area contributed by atoms with E-state index in [0.717, 1.165) is 0 Å². The lowest BCUT2D eigenvalue weighted by Gasteiger charge is -2.12. The molecule has 0 fully saturated rings. The summed E-state index contributed by atoms with van der Waals surface area (Å²) in [6.07, 6.45) is 1.36. The highest BCUT2D eigenvalue weighted by Gasteiger charge is 2.30. The molecular weight excluding hydrogens is 272 g/mol. The van der Waals surface area contributed by atoms with Gasteiger partial charge in [-0.3, -0.25) is 9.78 Å². The van der Waals surface area contributed by atoms with Gasteiger partial charge in [0.25, 0.3) is 0 Å². The van der Waals surface area contributed by atoms with Gasteiger partial charge in [-0.15, -0.1) is 0 Å². The third kappa shape index (κ3) is 3.54. The Balaban J connectivity index is 2.92. The number of carbonyl (C=O) groups excluding carboxylic acids is 1. The lowest BCUT2D eigenvalue weighted by molar-refractivity contribution is -0.142. The zero-order valence-electron chi connectivity index (χ0n) is 7.84. The molecule has 0 saturated heterocycles. The molecule has 6 heteroatoms. The fourth-order valence-electron chi connectivity index (χ4n) is 0.981. The van der Waals surface area contributed by atoms with Gasteiger partial charge in [-0.05, 0) is 28.1 Å². The first kappa shape index (κ1) is 12.0. The van der Waals surface area contributed by atoms with Gasteiger partial charge in [0.05, 0.1) is 11.3 Å². The van der Waals surface area contributed by atoms with Crippen LogP contribution in [0.5, 0.6) is 0 Å². The lowest BCUT2D eigenvalue weighted by atomic mass is 10.2. The molecule has 15 heavy (non-hydrogen) atoms. The van der Waals surface area contributed by atoms with E-state index in [2.05, 4.69) is 25.7 Å². The molecule has 0 radical (unpaired) electrons. The van der Waals surface area contributed by atoms with Crippen LogP contribution in [-0.4, -0.2) is 11.0 Å². The Bertz CT molecular complexity index is 365. The third-order valence-electron chi connectivity index (χ3n) is 1.61. The molecule has 1 heterocycles. The monoisotopic (exact) mass is 279 g/mol. The summed E-state index contributed by atoms with van der Waals surface area (Å²) in [5.74, 6) is -0.538. The third-order valence-corrected chi connectivity index (χ3v) is 2.03. The minimum absolute atomic E-state index is 0.0366. The summed E-state index contributed by atoms with van der Waals surface area (Å²) in [5.41, 5.74) is -0.263. The fraction of sp³-hybridized carbons (Fsp3) is 0.333. The highest BCUT2D eigenvalue weighted by Crippen LogP contribution is 2.35. The van der Waals surface area contributed by atoms with Gasteiger partial charge in [-0.2, -0.15) is 8.78 Å². The molecule has 0 aromatic carbocycles. The van der Waals surface area contributed by atoms with Gasteiger partial charge < -0.3 is 4.74 Å². The summed E-state index contributed by atoms with van der Waals surface area (Å²) in [4.78, 5) is 11.1. The molecule has 0 aliphatic heterocycles. The van der Waals surface area contributed by atoms with Crippen LogP contribution in [0, 0.1) is 0 Å². The summed E-state index contributed by atoms with van der Waals surface area (Å²) >= 11 is 2.23. The van der Waals surface area contributed by atoms with Crippen LogP contribution >= 0.6 is 15.9 Å². The van der Waals surface area contributed by atoms with E-state index in [-0.39, 0.29) is 17.9 Å². The van der Waals surface area contributed by atoms with Crippen molar-refractivity contribution < 1.29 is 18.3 Å². The molecule has 0 spiro atoms. The Morgan fingerprint density at radius 1 is 1.67 bits per heavy atom. The maximum Gasteiger partial charge on any atom is 0.328 e. The van der Waals surface area contributed by atoms with Crippen molar-refractivity contribution in [3.63, 3.8) is 0 Å². The number of hydrogen-bond acceptors (Lipinski definition) is 3. The van der Waals surface area contributed by atoms with Gasteiger partial charge in [0.2, 0.25) is 0 Å². The summed E-state index contributed by atoms with van der Waals surface area (Å²) in [6, 6.07) is 2.61. The SMILES string of the molecule is CC(=O)OCc1ncccc1C(F)(F)Br. The van der Waals surface area contributed by atoms with Crippen molar-refractivity contribution in [3.05, 3.63) is 29.6 Å². The molecule has 1 aromatic heterocycles. The largest absolute Gasteiger partial charge is 0.459 e. The number of aromatic nitrogens is 1. The second-order valence-electron chi connectivity index (χ2n) is 2.78. The second-order valence-corrected chi connectivity index (χ2v) is 3.77. The van der Waals surface area contributed by atoms with Crippen LogP contribution in [0.4, 0.5) is 8.78 Å². The van der Waals surface area contributed by atoms with E-state index in [1.807, 2.05) is 0 Å². The lowest BCUT2D eigenvalue weighted by Crippen LogP contribution is -2.11. The highest BCUT2D eigenvalue weighted by atomic mass is 79.9. The summed E-state index contributed by atoms with van der Waals surface area (Å²) in [7, 11) is 0. The van der Waals surface area contributed by atoms with Crippen molar-refractivity contribution in [2.45, 2.75) is 18.4 Å². The molecule has 0 unspecified atom stereocenters. The van der Waals surface area contributed by atoms with E-state index in [1.165, 1.54) is 25.3 Å². The van der Waals surface area contributed by atoms with E-state index in [9.17, 15) is 13.6 Å². The maximum atomic E-state index is 13.0. The first-order chi connectivity index (χ1) is 6.91. The molecule has 0 bridgehead atoms. The Hall–Kier alpha value is -1.04. The van der Waals surface area contributed by atoms with E-state index in [4.69, 9.17) is 0 Å². The van der Waals surface area contributed by atoms with Gasteiger partial charge in [-0.25, -0.2) is 0 Å². The second kappa shape index (κ2) is 4.65. The van der Waals surface area contributed by atoms with Crippen LogP contribution in [0.2, 0.25) is 0 Å². The number of hydrogen-bond donors (Lipinski definition) is 0. The fourth-order valence-corrected chi connectivity index (χ4v) is 1.34. The quantitative estimate of drug-likeness (QED) is 0.631. The molecule has 0 saturated carbocycles. The number of ether oxygens (including phenoxy) is 1. The standard InChI is InChI=1S/C9H8BrF2NO2/c1-6(14)15-5-8-7(9(10,11)12)3-2-4-13-8/h2-4H,5H2,1H3. The van der Waals surface area contributed by atoms with Gasteiger partial charge in [0, 0.05) is 13.1 Å². The molecule has 1 rings (SSSR count). The van der Waals surface area contributed by atoms with E-state index in [1.54, 1.807) is 0 Å². The first-order valence-corrected chi connectivity index (χ1v) is 4.85. The average molecular weight is 280 g/mol. The van der Waals surface area contributed by atoms with Gasteiger partial charge in [0.1, 0.15) is 6.61 Å². The van der Waals surface area contributed by atoms with Crippen molar-refractivity contribution in [1.29, 1.82) is 0 Å². The zero-order chi connectivity index (χ0) is 11.5. The van der Waals surface area contributed by atoms with Crippen LogP contribution in [0.1, 0.15) is 18.2 Å². The summed E-state index contributed by atoms with van der Waals surface area (Å²) < 4.78 is 30.6. The number of halogens is 3. The molecule has 0 N–H and O–H groups in total. The van der Waals surface area contributed by atoms with Crippen LogP contribution in [0.3, 0.4) is 0 Å². The first-order valence-electron chi connectivity index (χ1n) is 4.05. The van der Waals surface area contributed by atoms with E-state index >= 15 is 0 Å². The normalized spacial score (nSPS) is 11.2. The van der Waals surface area contributed by atoms with Crippen molar-refractivity contribution in [2.75, 3.05) is 0 Å². The Kier molecular flexibility index (Phi) is 3.73. The van der Waals surface area contributed by atoms with Crippen LogP contribution in [0.25, 0.3) is 0 Å². The van der Waals surface area contributed by atoms with Crippen molar-refractivity contribution >= 4 is 21.9 Å². The van der Waals surface area contributed by atoms with Crippen LogP contribution in [0.15, 0.2) is 18.3 Å². The molecule has 82 valence electrons. The van der Waals surface area contributed by atoms with Crippen molar-refractivity contribution in [2.24, 2.45) is 0 Å². The minimum Gasteiger partial charge on any atom is -0.459 e. The molecule has 0 aliphatic carbocycles. The van der Waals surface area contributed by atoms with Gasteiger partial charge in [0.15, 0.2) is 0 Å². The summed E-state index contributed by atoms with van der Waals surface area (Å²) in [5, 5.41) is 0. The van der Waals surface area contributed by atoms with E-state index in [0.29, 0.717) is 0 Å². The van der Waals surface area contributed by atoms with Crippen molar-refractivity contribution in [3.8, 4) is 0 Å². The molecule has 0 atom stereocenters. The predicted octanol–water partition coefficient (Wildman–Crippen LogP) is 2.59. The maximum absolute atomic E-state index is 13.0. The highest BCUT2D eigenvalue weighted by molar-refractivity contribution is 9.09. The molecule has 1 aromatic rings. The number of rotatable bonds is 3. The van der Waals surface area contributed by atoms with E-state index < -0.39 is 10.8 Å². The smallest absolute Gasteiger partial charge is 0.328 e. The number of pyridine rings is 1. The number of esters is 1. The van der Waals surface area contributed by atoms with Gasteiger partial charge >= 0.3 is 10.8 Å². The minimum atomic E-state index is -3.17. The molecule has 0 aliphatic rings. The topological polar surface area (TPSA) is 39.2 Å². The Morgan fingerprint density at radius 3 is 2.87 bits per heavy atom. The number of carbonyl (C=O) groups is 1. The van der Waals surface area contributed by atoms with Crippen LogP contribution < -0.4 is 0 Å². The Labute approximate surface area is 93.6 Å². The number of alkyl halides is 3. The van der Waals surface area contributed by atoms with Crippen LogP contribution in [-0.2, 0) is 21.0 Å². The Morgan fingerprint density at radius 2 is 2.33 bits per heavy atom. The molecular formula is C9H8BrF2NO2. The van der Waals surface area contributed by atoms with Crippen molar-refractivity contribution in [1.82, 2.24) is 4.98 Å². The predicted molar refractivity (Wildman–Crippen MR) is 52.5 cm³/mol.